The van der Waals surface area contributed by atoms with E-state index in [4.69, 9.17) is 23.2 Å². The molecule has 0 aliphatic carbocycles. The summed E-state index contributed by atoms with van der Waals surface area (Å²) in [5.74, 6) is -0.325. The molecule has 2 rings (SSSR count). The molecule has 0 saturated carbocycles. The van der Waals surface area contributed by atoms with Crippen LogP contribution in [-0.4, -0.2) is 16.7 Å². The fourth-order valence-corrected chi connectivity index (χ4v) is 1.96. The summed E-state index contributed by atoms with van der Waals surface area (Å²) in [6.07, 6.45) is 0. The highest BCUT2D eigenvalue weighted by molar-refractivity contribution is 6.31. The number of carbonyl (C=O) groups excluding carboxylic acids is 1. The number of nitrogens with zero attached hydrogens (tertiary/aromatic N) is 1. The number of halogens is 2. The molecule has 0 aliphatic heterocycles. The molecular weight excluding hydrogens is 311 g/mol. The molecule has 0 unspecified atom stereocenters. The van der Waals surface area contributed by atoms with Crippen molar-refractivity contribution in [2.75, 3.05) is 0 Å². The van der Waals surface area contributed by atoms with E-state index in [0.717, 1.165) is 0 Å². The van der Waals surface area contributed by atoms with Crippen molar-refractivity contribution in [1.82, 2.24) is 5.43 Å². The number of hydrogen-bond donors (Lipinski definition) is 2. The number of aromatic hydroxyl groups is 1. The summed E-state index contributed by atoms with van der Waals surface area (Å²) >= 11 is 11.6. The lowest BCUT2D eigenvalue weighted by molar-refractivity contribution is 0.0955. The first-order valence-corrected chi connectivity index (χ1v) is 6.82. The van der Waals surface area contributed by atoms with Crippen molar-refractivity contribution in [2.45, 2.75) is 6.92 Å². The van der Waals surface area contributed by atoms with Gasteiger partial charge >= 0.3 is 0 Å². The van der Waals surface area contributed by atoms with Gasteiger partial charge in [0.05, 0.1) is 5.71 Å². The number of rotatable bonds is 3. The Morgan fingerprint density at radius 1 is 1.10 bits per heavy atom. The number of benzene rings is 2. The molecular formula is C15H12Cl2N2O2. The molecule has 0 aromatic heterocycles. The Kier molecular flexibility index (Phi) is 4.83. The minimum atomic E-state index is -0.368. The first kappa shape index (κ1) is 15.4. The van der Waals surface area contributed by atoms with E-state index in [9.17, 15) is 9.90 Å². The largest absolute Gasteiger partial charge is 0.507 e. The number of phenols is 1. The minimum Gasteiger partial charge on any atom is -0.507 e. The first-order chi connectivity index (χ1) is 9.97. The van der Waals surface area contributed by atoms with Gasteiger partial charge in [-0.2, -0.15) is 5.10 Å². The van der Waals surface area contributed by atoms with Gasteiger partial charge in [0.25, 0.3) is 5.91 Å². The van der Waals surface area contributed by atoms with Crippen molar-refractivity contribution in [3.05, 3.63) is 63.6 Å². The summed E-state index contributed by atoms with van der Waals surface area (Å²) in [4.78, 5) is 11.9. The number of carbonyl (C=O) groups is 1. The molecule has 0 spiro atoms. The molecule has 2 N–H and O–H groups in total. The van der Waals surface area contributed by atoms with Gasteiger partial charge in [0.1, 0.15) is 5.75 Å². The molecule has 0 atom stereocenters. The summed E-state index contributed by atoms with van der Waals surface area (Å²) in [6, 6.07) is 11.0. The highest BCUT2D eigenvalue weighted by Crippen LogP contribution is 2.22. The standard InChI is InChI=1S/C15H12Cl2N2O2/c1-9(13-8-12(17)6-7-14(13)20)18-19-15(21)10-2-4-11(16)5-3-10/h2-8,20H,1H3,(H,19,21). The predicted octanol–water partition coefficient (Wildman–Crippen LogP) is 3.85. The van der Waals surface area contributed by atoms with Gasteiger partial charge in [-0.15, -0.1) is 0 Å². The van der Waals surface area contributed by atoms with E-state index < -0.39 is 0 Å². The fraction of sp³-hybridized carbons (Fsp3) is 0.0667. The lowest BCUT2D eigenvalue weighted by Crippen LogP contribution is -2.19. The van der Waals surface area contributed by atoms with Crippen LogP contribution < -0.4 is 5.43 Å². The molecule has 0 saturated heterocycles. The van der Waals surface area contributed by atoms with Crippen molar-refractivity contribution in [3.63, 3.8) is 0 Å². The summed E-state index contributed by atoms with van der Waals surface area (Å²) < 4.78 is 0. The second kappa shape index (κ2) is 6.61. The second-order valence-corrected chi connectivity index (χ2v) is 5.18. The number of phenolic OH excluding ortho intramolecular Hbond substituents is 1. The summed E-state index contributed by atoms with van der Waals surface area (Å²) in [6.45, 7) is 1.66. The highest BCUT2D eigenvalue weighted by atomic mass is 35.5. The van der Waals surface area contributed by atoms with Crippen LogP contribution in [-0.2, 0) is 0 Å². The summed E-state index contributed by atoms with van der Waals surface area (Å²) in [5.41, 5.74) is 3.75. The van der Waals surface area contributed by atoms with Crippen molar-refractivity contribution < 1.29 is 9.90 Å². The Labute approximate surface area is 132 Å². The maximum atomic E-state index is 11.9. The lowest BCUT2D eigenvalue weighted by Gasteiger charge is -2.05. The average molecular weight is 323 g/mol. The van der Waals surface area contributed by atoms with E-state index in [2.05, 4.69) is 10.5 Å². The molecule has 2 aromatic carbocycles. The third kappa shape index (κ3) is 3.97. The normalized spacial score (nSPS) is 11.3. The highest BCUT2D eigenvalue weighted by Gasteiger charge is 2.08. The quantitative estimate of drug-likeness (QED) is 0.666. The Morgan fingerprint density at radius 2 is 1.71 bits per heavy atom. The molecule has 0 bridgehead atoms. The summed E-state index contributed by atoms with van der Waals surface area (Å²) in [7, 11) is 0. The first-order valence-electron chi connectivity index (χ1n) is 6.06. The van der Waals surface area contributed by atoms with Gasteiger partial charge in [0, 0.05) is 21.2 Å². The summed E-state index contributed by atoms with van der Waals surface area (Å²) in [5, 5.41) is 14.7. The maximum absolute atomic E-state index is 11.9. The van der Waals surface area contributed by atoms with Crippen LogP contribution in [0.15, 0.2) is 47.6 Å². The SMILES string of the molecule is CC(=NNC(=O)c1ccc(Cl)cc1)c1cc(Cl)ccc1O. The van der Waals surface area contributed by atoms with Crippen LogP contribution in [0.1, 0.15) is 22.8 Å². The molecule has 0 fully saturated rings. The third-order valence-electron chi connectivity index (χ3n) is 2.78. The molecule has 21 heavy (non-hydrogen) atoms. The predicted molar refractivity (Wildman–Crippen MR) is 84.2 cm³/mol. The van der Waals surface area contributed by atoms with Crippen LogP contribution in [0.2, 0.25) is 10.0 Å². The molecule has 0 heterocycles. The number of hydrazone groups is 1. The Bertz CT molecular complexity index is 697. The molecule has 4 nitrogen and oxygen atoms in total. The van der Waals surface area contributed by atoms with E-state index in [0.29, 0.717) is 26.9 Å². The Morgan fingerprint density at radius 3 is 2.38 bits per heavy atom. The van der Waals surface area contributed by atoms with Crippen molar-refractivity contribution in [1.29, 1.82) is 0 Å². The van der Waals surface area contributed by atoms with E-state index in [-0.39, 0.29) is 11.7 Å². The van der Waals surface area contributed by atoms with Gasteiger partial charge in [0.2, 0.25) is 0 Å². The molecule has 0 radical (unpaired) electrons. The minimum absolute atomic E-state index is 0.0430. The number of amides is 1. The third-order valence-corrected chi connectivity index (χ3v) is 3.27. The van der Waals surface area contributed by atoms with Crippen molar-refractivity contribution in [3.8, 4) is 5.75 Å². The van der Waals surface area contributed by atoms with Crippen LogP contribution >= 0.6 is 23.2 Å². The number of hydrogen-bond acceptors (Lipinski definition) is 3. The zero-order valence-electron chi connectivity index (χ0n) is 11.1. The fourth-order valence-electron chi connectivity index (χ4n) is 1.66. The van der Waals surface area contributed by atoms with Gasteiger partial charge in [-0.3, -0.25) is 4.79 Å². The molecule has 0 aliphatic rings. The topological polar surface area (TPSA) is 61.7 Å². The molecule has 6 heteroatoms. The van der Waals surface area contributed by atoms with Gasteiger partial charge < -0.3 is 5.11 Å². The van der Waals surface area contributed by atoms with Crippen LogP contribution in [0.3, 0.4) is 0 Å². The lowest BCUT2D eigenvalue weighted by atomic mass is 10.1. The van der Waals surface area contributed by atoms with Gasteiger partial charge in [-0.25, -0.2) is 5.43 Å². The Balaban J connectivity index is 2.14. The smallest absolute Gasteiger partial charge is 0.271 e. The zero-order valence-corrected chi connectivity index (χ0v) is 12.6. The van der Waals surface area contributed by atoms with E-state index in [1.807, 2.05) is 0 Å². The Hall–Kier alpha value is -2.04. The van der Waals surface area contributed by atoms with Crippen LogP contribution in [0.4, 0.5) is 0 Å². The average Bonchev–Trinajstić information content (AvgIpc) is 2.47. The van der Waals surface area contributed by atoms with Crippen LogP contribution in [0, 0.1) is 0 Å². The molecule has 2 aromatic rings. The van der Waals surface area contributed by atoms with E-state index >= 15 is 0 Å². The van der Waals surface area contributed by atoms with Crippen molar-refractivity contribution >= 4 is 34.8 Å². The number of nitrogens with one attached hydrogen (secondary N) is 1. The van der Waals surface area contributed by atoms with Gasteiger partial charge in [0.15, 0.2) is 0 Å². The zero-order chi connectivity index (χ0) is 15.4. The molecule has 1 amide bonds. The monoisotopic (exact) mass is 322 g/mol. The van der Waals surface area contributed by atoms with Crippen molar-refractivity contribution in [2.24, 2.45) is 5.10 Å². The van der Waals surface area contributed by atoms with Crippen LogP contribution in [0.5, 0.6) is 5.75 Å². The van der Waals surface area contributed by atoms with Gasteiger partial charge in [-0.05, 0) is 49.4 Å². The van der Waals surface area contributed by atoms with E-state index in [1.54, 1.807) is 43.3 Å². The maximum Gasteiger partial charge on any atom is 0.271 e. The molecule has 108 valence electrons. The second-order valence-electron chi connectivity index (χ2n) is 4.31. The van der Waals surface area contributed by atoms with E-state index in [1.165, 1.54) is 6.07 Å². The van der Waals surface area contributed by atoms with Crippen LogP contribution in [0.25, 0.3) is 0 Å². The van der Waals surface area contributed by atoms with Gasteiger partial charge in [-0.1, -0.05) is 23.2 Å².